The molecular weight excluding hydrogens is 360 g/mol. The molecule has 1 aromatic heterocycles. The number of carbonyl (C=O) groups excluding carboxylic acids is 2. The van der Waals surface area contributed by atoms with E-state index >= 15 is 0 Å². The smallest absolute Gasteiger partial charge is 0.338 e. The lowest BCUT2D eigenvalue weighted by Crippen LogP contribution is -2.14. The number of halogens is 1. The van der Waals surface area contributed by atoms with Crippen molar-refractivity contribution in [2.45, 2.75) is 0 Å². The van der Waals surface area contributed by atoms with Crippen LogP contribution in [-0.4, -0.2) is 45.7 Å². The van der Waals surface area contributed by atoms with Crippen LogP contribution in [0.3, 0.4) is 0 Å². The Bertz CT molecular complexity index is 926. The average molecular weight is 373 g/mol. The van der Waals surface area contributed by atoms with Crippen molar-refractivity contribution in [3.8, 4) is 11.4 Å². The van der Waals surface area contributed by atoms with Crippen molar-refractivity contribution in [1.29, 1.82) is 0 Å². The van der Waals surface area contributed by atoms with E-state index in [0.29, 0.717) is 27.6 Å². The third kappa shape index (κ3) is 3.86. The average Bonchev–Trinajstić information content (AvgIpc) is 3.20. The molecule has 0 unspecified atom stereocenters. The first-order valence-electron chi connectivity index (χ1n) is 7.46. The van der Waals surface area contributed by atoms with Gasteiger partial charge >= 0.3 is 5.97 Å². The lowest BCUT2D eigenvalue weighted by atomic mass is 10.1. The first-order chi connectivity index (χ1) is 12.6. The molecule has 0 atom stereocenters. The Balaban J connectivity index is 1.61. The first kappa shape index (κ1) is 17.6. The molecule has 9 heteroatoms. The molecule has 26 heavy (non-hydrogen) atoms. The summed E-state index contributed by atoms with van der Waals surface area (Å²) in [6, 6.07) is 11.1. The molecule has 132 valence electrons. The van der Waals surface area contributed by atoms with Gasteiger partial charge in [0.15, 0.2) is 12.4 Å². The fraction of sp³-hybridized carbons (Fsp3) is 0.118. The summed E-state index contributed by atoms with van der Waals surface area (Å²) in [7, 11) is 1.48. The van der Waals surface area contributed by atoms with Crippen LogP contribution in [0.5, 0.6) is 5.75 Å². The topological polar surface area (TPSA) is 96.2 Å². The molecule has 0 fully saturated rings. The summed E-state index contributed by atoms with van der Waals surface area (Å²) >= 11 is 5.99. The number of ketones is 1. The van der Waals surface area contributed by atoms with E-state index in [-0.39, 0.29) is 5.78 Å². The van der Waals surface area contributed by atoms with Gasteiger partial charge in [0.05, 0.1) is 23.4 Å². The van der Waals surface area contributed by atoms with Gasteiger partial charge in [0, 0.05) is 5.56 Å². The number of Topliss-reactive ketones (excluding diaryl/α,β-unsaturated/α-hetero) is 1. The summed E-state index contributed by atoms with van der Waals surface area (Å²) in [4.78, 5) is 24.2. The molecule has 0 bridgehead atoms. The highest BCUT2D eigenvalue weighted by Crippen LogP contribution is 2.25. The van der Waals surface area contributed by atoms with Crippen molar-refractivity contribution in [3.05, 3.63) is 64.9 Å². The van der Waals surface area contributed by atoms with Crippen LogP contribution in [0.25, 0.3) is 5.69 Å². The molecule has 3 rings (SSSR count). The van der Waals surface area contributed by atoms with Crippen LogP contribution < -0.4 is 4.74 Å². The van der Waals surface area contributed by atoms with Gasteiger partial charge in [-0.3, -0.25) is 4.79 Å². The molecule has 2 aromatic carbocycles. The number of carbonyl (C=O) groups is 2. The second kappa shape index (κ2) is 7.75. The largest absolute Gasteiger partial charge is 0.495 e. The third-order valence-corrected chi connectivity index (χ3v) is 3.82. The number of tetrazole rings is 1. The molecule has 0 N–H and O–H groups in total. The van der Waals surface area contributed by atoms with Crippen molar-refractivity contribution >= 4 is 23.4 Å². The molecule has 0 aliphatic carbocycles. The Morgan fingerprint density at radius 2 is 1.85 bits per heavy atom. The molecule has 1 heterocycles. The van der Waals surface area contributed by atoms with Crippen LogP contribution in [0.4, 0.5) is 0 Å². The lowest BCUT2D eigenvalue weighted by molar-refractivity contribution is 0.0475. The predicted molar refractivity (Wildman–Crippen MR) is 91.8 cm³/mol. The van der Waals surface area contributed by atoms with Gasteiger partial charge in [-0.15, -0.1) is 5.10 Å². The number of aromatic nitrogens is 4. The van der Waals surface area contributed by atoms with Crippen LogP contribution in [0.1, 0.15) is 20.7 Å². The van der Waals surface area contributed by atoms with Crippen molar-refractivity contribution in [3.63, 3.8) is 0 Å². The van der Waals surface area contributed by atoms with Gasteiger partial charge < -0.3 is 9.47 Å². The Morgan fingerprint density at radius 3 is 2.46 bits per heavy atom. The molecule has 3 aromatic rings. The number of rotatable bonds is 6. The minimum atomic E-state index is -0.610. The highest BCUT2D eigenvalue weighted by atomic mass is 35.5. The lowest BCUT2D eigenvalue weighted by Gasteiger charge is -2.07. The van der Waals surface area contributed by atoms with Gasteiger partial charge in [0.1, 0.15) is 12.1 Å². The SMILES string of the molecule is COc1ccc(C(=O)COC(=O)c2ccc(-n3cnnn3)cc2)cc1Cl. The van der Waals surface area contributed by atoms with Gasteiger partial charge in [-0.05, 0) is 52.9 Å². The number of esters is 1. The molecule has 8 nitrogen and oxygen atoms in total. The zero-order valence-corrected chi connectivity index (χ0v) is 14.4. The van der Waals surface area contributed by atoms with E-state index in [9.17, 15) is 9.59 Å². The molecular formula is C17H13ClN4O4. The molecule has 0 saturated carbocycles. The highest BCUT2D eigenvalue weighted by Gasteiger charge is 2.13. The van der Waals surface area contributed by atoms with E-state index in [0.717, 1.165) is 0 Å². The van der Waals surface area contributed by atoms with Crippen molar-refractivity contribution < 1.29 is 19.1 Å². The zero-order valence-electron chi connectivity index (χ0n) is 13.6. The van der Waals surface area contributed by atoms with Crippen LogP contribution in [0.15, 0.2) is 48.8 Å². The Hall–Kier alpha value is -3.26. The summed E-state index contributed by atoms with van der Waals surface area (Å²) < 4.78 is 11.5. The summed E-state index contributed by atoms with van der Waals surface area (Å²) in [6.45, 7) is -0.393. The standard InChI is InChI=1S/C17H13ClN4O4/c1-25-16-7-4-12(8-14(16)18)15(23)9-26-17(24)11-2-5-13(6-3-11)22-10-19-20-21-22/h2-8,10H,9H2,1H3. The number of benzene rings is 2. The quantitative estimate of drug-likeness (QED) is 0.484. The van der Waals surface area contributed by atoms with Crippen molar-refractivity contribution in [1.82, 2.24) is 20.2 Å². The van der Waals surface area contributed by atoms with Crippen LogP contribution >= 0.6 is 11.6 Å². The summed E-state index contributed by atoms with van der Waals surface area (Å²) in [5.74, 6) is -0.516. The second-order valence-electron chi connectivity index (χ2n) is 5.15. The number of ether oxygens (including phenoxy) is 2. The number of nitrogens with zero attached hydrogens (tertiary/aromatic N) is 4. The second-order valence-corrected chi connectivity index (χ2v) is 5.56. The van der Waals surface area contributed by atoms with E-state index in [2.05, 4.69) is 15.5 Å². The van der Waals surface area contributed by atoms with Crippen molar-refractivity contribution in [2.24, 2.45) is 0 Å². The fourth-order valence-electron chi connectivity index (χ4n) is 2.17. The van der Waals surface area contributed by atoms with E-state index in [4.69, 9.17) is 21.1 Å². The minimum absolute atomic E-state index is 0.308. The van der Waals surface area contributed by atoms with Crippen molar-refractivity contribution in [2.75, 3.05) is 13.7 Å². The Morgan fingerprint density at radius 1 is 1.12 bits per heavy atom. The molecule has 0 spiro atoms. The van der Waals surface area contributed by atoms with E-state index < -0.39 is 12.6 Å². The highest BCUT2D eigenvalue weighted by molar-refractivity contribution is 6.32. The van der Waals surface area contributed by atoms with Crippen LogP contribution in [0.2, 0.25) is 5.02 Å². The number of hydrogen-bond donors (Lipinski definition) is 0. The van der Waals surface area contributed by atoms with Gasteiger partial charge in [0.25, 0.3) is 0 Å². The maximum Gasteiger partial charge on any atom is 0.338 e. The first-order valence-corrected chi connectivity index (χ1v) is 7.83. The fourth-order valence-corrected chi connectivity index (χ4v) is 2.43. The molecule has 0 radical (unpaired) electrons. The molecule has 0 saturated heterocycles. The summed E-state index contributed by atoms with van der Waals surface area (Å²) in [5.41, 5.74) is 1.33. The normalized spacial score (nSPS) is 10.4. The zero-order chi connectivity index (χ0) is 18.5. The Labute approximate surface area is 153 Å². The van der Waals surface area contributed by atoms with Gasteiger partial charge in [0.2, 0.25) is 0 Å². The van der Waals surface area contributed by atoms with E-state index in [1.54, 1.807) is 36.4 Å². The van der Waals surface area contributed by atoms with E-state index in [1.165, 1.54) is 24.2 Å². The summed E-state index contributed by atoms with van der Waals surface area (Å²) in [5, 5.41) is 11.1. The maximum absolute atomic E-state index is 12.1. The molecule has 0 aliphatic heterocycles. The molecule has 0 amide bonds. The van der Waals surface area contributed by atoms with Crippen LogP contribution in [0, 0.1) is 0 Å². The van der Waals surface area contributed by atoms with Gasteiger partial charge in [-0.2, -0.15) is 0 Å². The van der Waals surface area contributed by atoms with Crippen LogP contribution in [-0.2, 0) is 4.74 Å². The van der Waals surface area contributed by atoms with Gasteiger partial charge in [-0.25, -0.2) is 9.48 Å². The van der Waals surface area contributed by atoms with Gasteiger partial charge in [-0.1, -0.05) is 11.6 Å². The minimum Gasteiger partial charge on any atom is -0.495 e. The summed E-state index contributed by atoms with van der Waals surface area (Å²) in [6.07, 6.45) is 1.44. The number of hydrogen-bond acceptors (Lipinski definition) is 7. The monoisotopic (exact) mass is 372 g/mol. The Kier molecular flexibility index (Phi) is 5.23. The maximum atomic E-state index is 12.1. The predicted octanol–water partition coefficient (Wildman–Crippen LogP) is 2.36. The number of methoxy groups -OCH3 is 1. The third-order valence-electron chi connectivity index (χ3n) is 3.52. The molecule has 0 aliphatic rings. The van der Waals surface area contributed by atoms with E-state index in [1.807, 2.05) is 0 Å².